The number of aromatic nitrogens is 2. The molecule has 2 aromatic carbocycles. The Kier molecular flexibility index (Phi) is 6.79. The highest BCUT2D eigenvalue weighted by Crippen LogP contribution is 2.34. The molecule has 6 nitrogen and oxygen atoms in total. The zero-order chi connectivity index (χ0) is 21.6. The number of nitrogens with one attached hydrogen (secondary N) is 2. The quantitative estimate of drug-likeness (QED) is 0.611. The molecule has 0 spiro atoms. The van der Waals surface area contributed by atoms with Gasteiger partial charge in [-0.05, 0) is 48.2 Å². The predicted octanol–water partition coefficient (Wildman–Crippen LogP) is 3.87. The molecule has 4 rings (SSSR count). The van der Waals surface area contributed by atoms with Crippen LogP contribution in [0.2, 0.25) is 0 Å². The van der Waals surface area contributed by atoms with Gasteiger partial charge >= 0.3 is 0 Å². The zero-order valence-corrected chi connectivity index (χ0v) is 18.2. The van der Waals surface area contributed by atoms with Gasteiger partial charge in [-0.15, -0.1) is 0 Å². The van der Waals surface area contributed by atoms with Crippen LogP contribution in [0.1, 0.15) is 40.3 Å². The number of anilines is 1. The second-order valence-electron chi connectivity index (χ2n) is 8.11. The van der Waals surface area contributed by atoms with Crippen molar-refractivity contribution in [3.63, 3.8) is 0 Å². The van der Waals surface area contributed by atoms with Gasteiger partial charge in [-0.3, -0.25) is 9.69 Å². The molecule has 1 unspecified atom stereocenters. The lowest BCUT2D eigenvalue weighted by atomic mass is 9.85. The van der Waals surface area contributed by atoms with Gasteiger partial charge in [0.1, 0.15) is 0 Å². The molecular formula is C25H30N4O2. The van der Waals surface area contributed by atoms with E-state index in [1.165, 1.54) is 16.7 Å². The number of carbonyl (C=O) groups is 1. The molecule has 1 aliphatic heterocycles. The maximum Gasteiger partial charge on any atom is 0.225 e. The van der Waals surface area contributed by atoms with Crippen LogP contribution in [0.25, 0.3) is 0 Å². The van der Waals surface area contributed by atoms with Crippen molar-refractivity contribution in [1.82, 2.24) is 14.9 Å². The molecule has 3 aromatic rings. The largest absolute Gasteiger partial charge is 0.379 e. The van der Waals surface area contributed by atoms with Gasteiger partial charge < -0.3 is 15.0 Å². The van der Waals surface area contributed by atoms with E-state index in [0.717, 1.165) is 49.8 Å². The fourth-order valence-corrected chi connectivity index (χ4v) is 4.14. The maximum absolute atomic E-state index is 12.5. The van der Waals surface area contributed by atoms with E-state index < -0.39 is 0 Å². The van der Waals surface area contributed by atoms with E-state index >= 15 is 0 Å². The Labute approximate surface area is 183 Å². The fourth-order valence-electron chi connectivity index (χ4n) is 4.14. The molecule has 1 aromatic heterocycles. The number of aryl methyl sites for hydroxylation is 1. The van der Waals surface area contributed by atoms with Crippen LogP contribution in [0.4, 0.5) is 5.69 Å². The van der Waals surface area contributed by atoms with Gasteiger partial charge in [0.2, 0.25) is 5.91 Å². The number of nitrogens with zero attached hydrogens (tertiary/aromatic N) is 2. The molecule has 0 saturated carbocycles. The summed E-state index contributed by atoms with van der Waals surface area (Å²) in [4.78, 5) is 22.4. The first-order chi connectivity index (χ1) is 15.1. The van der Waals surface area contributed by atoms with Gasteiger partial charge in [-0.25, -0.2) is 4.98 Å². The number of aromatic amines is 1. The fraction of sp³-hybridized carbons (Fsp3) is 0.360. The summed E-state index contributed by atoms with van der Waals surface area (Å²) in [5.41, 5.74) is 6.73. The number of amides is 1. The van der Waals surface area contributed by atoms with Crippen molar-refractivity contribution in [2.45, 2.75) is 26.2 Å². The van der Waals surface area contributed by atoms with Crippen molar-refractivity contribution < 1.29 is 9.53 Å². The highest BCUT2D eigenvalue weighted by atomic mass is 16.5. The average Bonchev–Trinajstić information content (AvgIpc) is 3.31. The van der Waals surface area contributed by atoms with Gasteiger partial charge in [0.15, 0.2) is 0 Å². The molecule has 1 amide bonds. The zero-order valence-electron chi connectivity index (χ0n) is 18.2. The third-order valence-electron chi connectivity index (χ3n) is 6.05. The van der Waals surface area contributed by atoms with Crippen molar-refractivity contribution >= 4 is 11.6 Å². The van der Waals surface area contributed by atoms with Crippen LogP contribution in [0.3, 0.4) is 0 Å². The van der Waals surface area contributed by atoms with Crippen molar-refractivity contribution in [1.29, 1.82) is 0 Å². The number of hydrogen-bond acceptors (Lipinski definition) is 4. The Morgan fingerprint density at radius 1 is 1.19 bits per heavy atom. The molecule has 6 heteroatoms. The molecule has 2 N–H and O–H groups in total. The summed E-state index contributed by atoms with van der Waals surface area (Å²) in [6.07, 6.45) is 4.07. The first-order valence-electron chi connectivity index (χ1n) is 10.9. The van der Waals surface area contributed by atoms with Crippen LogP contribution in [0, 0.1) is 13.8 Å². The van der Waals surface area contributed by atoms with Crippen molar-refractivity contribution in [3.8, 4) is 0 Å². The second kappa shape index (κ2) is 9.90. The Morgan fingerprint density at radius 2 is 2.00 bits per heavy atom. The summed E-state index contributed by atoms with van der Waals surface area (Å²) < 4.78 is 5.37. The molecule has 1 saturated heterocycles. The minimum atomic E-state index is 0.0209. The lowest BCUT2D eigenvalue weighted by Crippen LogP contribution is -2.38. The van der Waals surface area contributed by atoms with Crippen LogP contribution in [0.15, 0.2) is 55.0 Å². The molecule has 1 atom stereocenters. The SMILES string of the molecule is Cc1cccc(C(c2cccc(NC(=O)CCN3CCOCC3)c2)c2cnc[nH]2)c1C. The third-order valence-corrected chi connectivity index (χ3v) is 6.05. The lowest BCUT2D eigenvalue weighted by molar-refractivity contribution is -0.116. The van der Waals surface area contributed by atoms with E-state index in [4.69, 9.17) is 4.74 Å². The summed E-state index contributed by atoms with van der Waals surface area (Å²) >= 11 is 0. The minimum Gasteiger partial charge on any atom is -0.379 e. The van der Waals surface area contributed by atoms with E-state index in [1.54, 1.807) is 6.33 Å². The number of imidazole rings is 1. The topological polar surface area (TPSA) is 70.2 Å². The van der Waals surface area contributed by atoms with Gasteiger partial charge in [0.25, 0.3) is 0 Å². The summed E-state index contributed by atoms with van der Waals surface area (Å²) in [6.45, 7) is 8.33. The first-order valence-corrected chi connectivity index (χ1v) is 10.9. The maximum atomic E-state index is 12.5. The van der Waals surface area contributed by atoms with Crippen molar-refractivity contribution in [2.75, 3.05) is 38.2 Å². The standard InChI is InChI=1S/C25H30N4O2/c1-18-5-3-8-22(19(18)2)25(23-16-26-17-27-23)20-6-4-7-21(15-20)28-24(30)9-10-29-11-13-31-14-12-29/h3-8,15-17,25H,9-14H2,1-2H3,(H,26,27)(H,28,30). The lowest BCUT2D eigenvalue weighted by Gasteiger charge is -2.26. The highest BCUT2D eigenvalue weighted by molar-refractivity contribution is 5.90. The second-order valence-corrected chi connectivity index (χ2v) is 8.11. The van der Waals surface area contributed by atoms with Crippen LogP contribution >= 0.6 is 0 Å². The number of hydrogen-bond donors (Lipinski definition) is 2. The molecule has 2 heterocycles. The summed E-state index contributed by atoms with van der Waals surface area (Å²) in [5, 5.41) is 3.08. The smallest absolute Gasteiger partial charge is 0.225 e. The molecule has 0 aliphatic carbocycles. The third kappa shape index (κ3) is 5.21. The Hall–Kier alpha value is -2.96. The van der Waals surface area contributed by atoms with Gasteiger partial charge in [-0.2, -0.15) is 0 Å². The monoisotopic (exact) mass is 418 g/mol. The number of H-pyrrole nitrogens is 1. The summed E-state index contributed by atoms with van der Waals surface area (Å²) in [7, 11) is 0. The number of morpholine rings is 1. The minimum absolute atomic E-state index is 0.0209. The van der Waals surface area contributed by atoms with Crippen LogP contribution in [-0.2, 0) is 9.53 Å². The normalized spacial score (nSPS) is 15.5. The van der Waals surface area contributed by atoms with Crippen molar-refractivity contribution in [3.05, 3.63) is 82.9 Å². The molecule has 0 radical (unpaired) electrons. The van der Waals surface area contributed by atoms with Crippen LogP contribution < -0.4 is 5.32 Å². The van der Waals surface area contributed by atoms with Crippen molar-refractivity contribution in [2.24, 2.45) is 0 Å². The van der Waals surface area contributed by atoms with E-state index in [1.807, 2.05) is 18.3 Å². The summed E-state index contributed by atoms with van der Waals surface area (Å²) in [6, 6.07) is 14.5. The molecular weight excluding hydrogens is 388 g/mol. The molecule has 31 heavy (non-hydrogen) atoms. The Bertz CT molecular complexity index is 1010. The van der Waals surface area contributed by atoms with Gasteiger partial charge in [0.05, 0.1) is 25.5 Å². The highest BCUT2D eigenvalue weighted by Gasteiger charge is 2.21. The predicted molar refractivity (Wildman–Crippen MR) is 122 cm³/mol. The molecule has 162 valence electrons. The van der Waals surface area contributed by atoms with Crippen LogP contribution in [-0.4, -0.2) is 53.6 Å². The van der Waals surface area contributed by atoms with Crippen LogP contribution in [0.5, 0.6) is 0 Å². The number of benzene rings is 2. The van der Waals surface area contributed by atoms with Gasteiger partial charge in [-0.1, -0.05) is 30.3 Å². The molecule has 1 aliphatic rings. The van der Waals surface area contributed by atoms with Gasteiger partial charge in [0, 0.05) is 43.6 Å². The number of rotatable bonds is 7. The summed E-state index contributed by atoms with van der Waals surface area (Å²) in [5.74, 6) is 0.0565. The number of carbonyl (C=O) groups excluding carboxylic acids is 1. The number of ether oxygens (including phenoxy) is 1. The van der Waals surface area contributed by atoms with E-state index in [-0.39, 0.29) is 11.8 Å². The Balaban J connectivity index is 1.53. The van der Waals surface area contributed by atoms with E-state index in [0.29, 0.717) is 6.42 Å². The average molecular weight is 419 g/mol. The molecule has 0 bridgehead atoms. The van der Waals surface area contributed by atoms with E-state index in [2.05, 4.69) is 64.4 Å². The van der Waals surface area contributed by atoms with E-state index in [9.17, 15) is 4.79 Å². The molecule has 1 fully saturated rings. The Morgan fingerprint density at radius 3 is 2.77 bits per heavy atom. The first kappa shape index (κ1) is 21.3.